The highest BCUT2D eigenvalue weighted by Crippen LogP contribution is 2.14. The smallest absolute Gasteiger partial charge is 0.223 e. The summed E-state index contributed by atoms with van der Waals surface area (Å²) < 4.78 is 5.54. The fraction of sp³-hybridized carbons (Fsp3) is 0.636. The second-order valence-electron chi connectivity index (χ2n) is 4.10. The molecule has 0 atom stereocenters. The van der Waals surface area contributed by atoms with Crippen LogP contribution < -0.4 is 10.5 Å². The molecule has 0 bridgehead atoms. The van der Waals surface area contributed by atoms with Gasteiger partial charge in [-0.25, -0.2) is 4.98 Å². The molecule has 1 aromatic rings. The first-order valence-corrected chi connectivity index (χ1v) is 5.31. The maximum atomic E-state index is 5.54. The molecule has 1 heterocycles. The van der Waals surface area contributed by atoms with Crippen molar-refractivity contribution in [2.45, 2.75) is 33.6 Å². The molecule has 0 fully saturated rings. The summed E-state index contributed by atoms with van der Waals surface area (Å²) in [6.45, 7) is 7.01. The van der Waals surface area contributed by atoms with E-state index in [2.05, 4.69) is 23.8 Å². The SMILES string of the molecule is Cc1cnc(N)nc1OCCCC(C)C. The zero-order valence-electron chi connectivity index (χ0n) is 9.66. The lowest BCUT2D eigenvalue weighted by Crippen LogP contribution is -2.04. The van der Waals surface area contributed by atoms with Crippen LogP contribution in [0.25, 0.3) is 0 Å². The van der Waals surface area contributed by atoms with Crippen molar-refractivity contribution in [1.82, 2.24) is 9.97 Å². The van der Waals surface area contributed by atoms with Crippen LogP contribution in [0.3, 0.4) is 0 Å². The monoisotopic (exact) mass is 209 g/mol. The molecular formula is C11H19N3O. The summed E-state index contributed by atoms with van der Waals surface area (Å²) in [4.78, 5) is 7.92. The van der Waals surface area contributed by atoms with Crippen molar-refractivity contribution >= 4 is 5.95 Å². The number of nitrogens with zero attached hydrogens (tertiary/aromatic N) is 2. The number of nitrogen functional groups attached to an aromatic ring is 1. The zero-order chi connectivity index (χ0) is 11.3. The van der Waals surface area contributed by atoms with E-state index in [0.717, 1.165) is 12.0 Å². The number of anilines is 1. The van der Waals surface area contributed by atoms with Crippen LogP contribution in [0.4, 0.5) is 5.95 Å². The number of ether oxygens (including phenoxy) is 1. The largest absolute Gasteiger partial charge is 0.477 e. The van der Waals surface area contributed by atoms with E-state index in [1.54, 1.807) is 6.20 Å². The van der Waals surface area contributed by atoms with Gasteiger partial charge in [0.1, 0.15) is 0 Å². The minimum atomic E-state index is 0.263. The molecule has 0 saturated heterocycles. The third-order valence-corrected chi connectivity index (χ3v) is 2.11. The minimum absolute atomic E-state index is 0.263. The number of hydrogen-bond acceptors (Lipinski definition) is 4. The second kappa shape index (κ2) is 5.53. The molecule has 84 valence electrons. The van der Waals surface area contributed by atoms with Crippen LogP contribution >= 0.6 is 0 Å². The van der Waals surface area contributed by atoms with E-state index >= 15 is 0 Å². The molecule has 0 spiro atoms. The van der Waals surface area contributed by atoms with Gasteiger partial charge < -0.3 is 10.5 Å². The Morgan fingerprint density at radius 2 is 2.20 bits per heavy atom. The number of hydrogen-bond donors (Lipinski definition) is 1. The molecule has 1 aromatic heterocycles. The van der Waals surface area contributed by atoms with Crippen LogP contribution in [0, 0.1) is 12.8 Å². The van der Waals surface area contributed by atoms with Crippen molar-refractivity contribution in [3.8, 4) is 5.88 Å². The Morgan fingerprint density at radius 1 is 1.47 bits per heavy atom. The first-order valence-electron chi connectivity index (χ1n) is 5.31. The summed E-state index contributed by atoms with van der Waals surface area (Å²) in [5, 5.41) is 0. The van der Waals surface area contributed by atoms with E-state index in [9.17, 15) is 0 Å². The van der Waals surface area contributed by atoms with Gasteiger partial charge in [-0.15, -0.1) is 0 Å². The van der Waals surface area contributed by atoms with Crippen LogP contribution in [0.2, 0.25) is 0 Å². The maximum absolute atomic E-state index is 5.54. The maximum Gasteiger partial charge on any atom is 0.223 e. The molecule has 0 aliphatic carbocycles. The number of nitrogens with two attached hydrogens (primary N) is 1. The van der Waals surface area contributed by atoms with Gasteiger partial charge in [-0.3, -0.25) is 0 Å². The average molecular weight is 209 g/mol. The van der Waals surface area contributed by atoms with Gasteiger partial charge in [0.25, 0.3) is 0 Å². The summed E-state index contributed by atoms with van der Waals surface area (Å²) in [6.07, 6.45) is 3.89. The van der Waals surface area contributed by atoms with E-state index in [0.29, 0.717) is 18.4 Å². The molecule has 2 N–H and O–H groups in total. The van der Waals surface area contributed by atoms with Crippen molar-refractivity contribution in [3.63, 3.8) is 0 Å². The lowest BCUT2D eigenvalue weighted by molar-refractivity contribution is 0.285. The highest BCUT2D eigenvalue weighted by molar-refractivity contribution is 5.28. The van der Waals surface area contributed by atoms with Crippen LogP contribution in [-0.2, 0) is 0 Å². The molecule has 0 aromatic carbocycles. The lowest BCUT2D eigenvalue weighted by atomic mass is 10.1. The summed E-state index contributed by atoms with van der Waals surface area (Å²) >= 11 is 0. The molecule has 0 aliphatic heterocycles. The quantitative estimate of drug-likeness (QED) is 0.755. The Labute approximate surface area is 90.9 Å². The van der Waals surface area contributed by atoms with Gasteiger partial charge in [-0.05, 0) is 25.7 Å². The highest BCUT2D eigenvalue weighted by Gasteiger charge is 2.02. The van der Waals surface area contributed by atoms with Crippen LogP contribution in [0.15, 0.2) is 6.20 Å². The number of aromatic nitrogens is 2. The Bertz CT molecular complexity index is 313. The van der Waals surface area contributed by atoms with Gasteiger partial charge >= 0.3 is 0 Å². The van der Waals surface area contributed by atoms with Crippen molar-refractivity contribution in [1.29, 1.82) is 0 Å². The van der Waals surface area contributed by atoms with Crippen LogP contribution in [-0.4, -0.2) is 16.6 Å². The zero-order valence-corrected chi connectivity index (χ0v) is 9.66. The van der Waals surface area contributed by atoms with Gasteiger partial charge in [0.2, 0.25) is 11.8 Å². The second-order valence-corrected chi connectivity index (χ2v) is 4.10. The van der Waals surface area contributed by atoms with Crippen molar-refractivity contribution < 1.29 is 4.74 Å². The van der Waals surface area contributed by atoms with Crippen molar-refractivity contribution in [3.05, 3.63) is 11.8 Å². The molecule has 0 radical (unpaired) electrons. The predicted molar refractivity (Wildman–Crippen MR) is 60.7 cm³/mol. The summed E-state index contributed by atoms with van der Waals surface area (Å²) in [6, 6.07) is 0. The minimum Gasteiger partial charge on any atom is -0.477 e. The molecule has 1 rings (SSSR count). The fourth-order valence-electron chi connectivity index (χ4n) is 1.25. The van der Waals surface area contributed by atoms with E-state index in [-0.39, 0.29) is 5.95 Å². The van der Waals surface area contributed by atoms with Crippen LogP contribution in [0.5, 0.6) is 5.88 Å². The van der Waals surface area contributed by atoms with Gasteiger partial charge in [-0.2, -0.15) is 4.98 Å². The highest BCUT2D eigenvalue weighted by atomic mass is 16.5. The molecule has 4 nitrogen and oxygen atoms in total. The van der Waals surface area contributed by atoms with Crippen LogP contribution in [0.1, 0.15) is 32.3 Å². The summed E-state index contributed by atoms with van der Waals surface area (Å²) in [5.41, 5.74) is 6.40. The van der Waals surface area contributed by atoms with E-state index < -0.39 is 0 Å². The van der Waals surface area contributed by atoms with Gasteiger partial charge in [0, 0.05) is 11.8 Å². The topological polar surface area (TPSA) is 61.0 Å². The van der Waals surface area contributed by atoms with E-state index in [1.165, 1.54) is 6.42 Å². The summed E-state index contributed by atoms with van der Waals surface area (Å²) in [7, 11) is 0. The number of aryl methyl sites for hydroxylation is 1. The predicted octanol–water partition coefficient (Wildman–Crippen LogP) is 2.18. The van der Waals surface area contributed by atoms with Gasteiger partial charge in [0.05, 0.1) is 6.61 Å². The van der Waals surface area contributed by atoms with Crippen molar-refractivity contribution in [2.24, 2.45) is 5.92 Å². The lowest BCUT2D eigenvalue weighted by Gasteiger charge is -2.08. The fourth-order valence-corrected chi connectivity index (χ4v) is 1.25. The third kappa shape index (κ3) is 4.14. The Kier molecular flexibility index (Phi) is 4.34. The Hall–Kier alpha value is -1.32. The molecule has 0 unspecified atom stereocenters. The molecular weight excluding hydrogens is 190 g/mol. The third-order valence-electron chi connectivity index (χ3n) is 2.11. The average Bonchev–Trinajstić information content (AvgIpc) is 2.17. The van der Waals surface area contributed by atoms with E-state index in [1.807, 2.05) is 6.92 Å². The summed E-state index contributed by atoms with van der Waals surface area (Å²) in [5.74, 6) is 1.58. The first kappa shape index (κ1) is 11.8. The molecule has 15 heavy (non-hydrogen) atoms. The Morgan fingerprint density at radius 3 is 2.87 bits per heavy atom. The Balaban J connectivity index is 2.40. The molecule has 0 saturated carbocycles. The van der Waals surface area contributed by atoms with Gasteiger partial charge in [-0.1, -0.05) is 13.8 Å². The molecule has 4 heteroatoms. The normalized spacial score (nSPS) is 10.7. The number of rotatable bonds is 5. The molecule has 0 amide bonds. The van der Waals surface area contributed by atoms with E-state index in [4.69, 9.17) is 10.5 Å². The molecule has 0 aliphatic rings. The standard InChI is InChI=1S/C11H19N3O/c1-8(2)5-4-6-15-10-9(3)7-13-11(12)14-10/h7-8H,4-6H2,1-3H3,(H2,12,13,14). The first-order chi connectivity index (χ1) is 7.09. The van der Waals surface area contributed by atoms with Gasteiger partial charge in [0.15, 0.2) is 0 Å². The van der Waals surface area contributed by atoms with Crippen molar-refractivity contribution in [2.75, 3.05) is 12.3 Å².